The van der Waals surface area contributed by atoms with E-state index in [4.69, 9.17) is 9.90 Å². The van der Waals surface area contributed by atoms with Gasteiger partial charge in [0.2, 0.25) is 0 Å². The van der Waals surface area contributed by atoms with Crippen molar-refractivity contribution in [1.29, 1.82) is 0 Å². The van der Waals surface area contributed by atoms with Gasteiger partial charge in [0.25, 0.3) is 10.0 Å². The minimum atomic E-state index is -5.08. The third-order valence-corrected chi connectivity index (χ3v) is 6.32. The van der Waals surface area contributed by atoms with Gasteiger partial charge in [-0.2, -0.15) is 13.2 Å². The van der Waals surface area contributed by atoms with Crippen molar-refractivity contribution in [2.75, 3.05) is 22.7 Å². The molecule has 0 fully saturated rings. The summed E-state index contributed by atoms with van der Waals surface area (Å²) in [5.74, 6) is -3.37. The lowest BCUT2D eigenvalue weighted by Crippen LogP contribution is -2.27. The Morgan fingerprint density at radius 3 is 1.89 bits per heavy atom. The van der Waals surface area contributed by atoms with E-state index in [-0.39, 0.29) is 16.1 Å². The first-order valence-corrected chi connectivity index (χ1v) is 13.1. The SMILES string of the molecule is CCCN(CCC)c1ccc(C(=O)O)cc1NS(=O)(=O)c1ccc(CC(C)C)cc1.O=C(O)C(F)(F)F. The van der Waals surface area contributed by atoms with Crippen LogP contribution in [0, 0.1) is 5.92 Å². The monoisotopic (exact) mass is 546 g/mol. The van der Waals surface area contributed by atoms with Gasteiger partial charge in [0.05, 0.1) is 21.8 Å². The highest BCUT2D eigenvalue weighted by Gasteiger charge is 2.38. The predicted molar refractivity (Wildman–Crippen MR) is 136 cm³/mol. The van der Waals surface area contributed by atoms with Crippen LogP contribution in [0.1, 0.15) is 56.5 Å². The molecule has 0 aliphatic heterocycles. The Balaban J connectivity index is 0.000000856. The maximum absolute atomic E-state index is 13.0. The molecule has 0 radical (unpaired) electrons. The second-order valence-corrected chi connectivity index (χ2v) is 10.4. The number of sulfonamides is 1. The maximum atomic E-state index is 13.0. The van der Waals surface area contributed by atoms with E-state index < -0.39 is 28.1 Å². The average Bonchev–Trinajstić information content (AvgIpc) is 2.78. The molecule has 8 nitrogen and oxygen atoms in total. The van der Waals surface area contributed by atoms with Gasteiger partial charge < -0.3 is 15.1 Å². The van der Waals surface area contributed by atoms with Gasteiger partial charge in [0.1, 0.15) is 0 Å². The number of alkyl halides is 3. The van der Waals surface area contributed by atoms with Crippen LogP contribution in [0.4, 0.5) is 24.5 Å². The standard InChI is InChI=1S/C23H32N2O4S.C2HF3O2/c1-5-13-25(14-6-2)22-12-9-19(23(26)27)16-21(22)24-30(28,29)20-10-7-18(8-11-20)15-17(3)4;3-2(4,5)1(6)7/h7-12,16-17,24H,5-6,13-15H2,1-4H3,(H,26,27);(H,6,7). The second-order valence-electron chi connectivity index (χ2n) is 8.67. The third kappa shape index (κ3) is 10.3. The summed E-state index contributed by atoms with van der Waals surface area (Å²) >= 11 is 0. The highest BCUT2D eigenvalue weighted by Crippen LogP contribution is 2.30. The number of anilines is 2. The second kappa shape index (κ2) is 13.9. The summed E-state index contributed by atoms with van der Waals surface area (Å²) in [6.45, 7) is 9.83. The van der Waals surface area contributed by atoms with Gasteiger partial charge in [-0.3, -0.25) is 4.72 Å². The van der Waals surface area contributed by atoms with Gasteiger partial charge in [-0.1, -0.05) is 39.8 Å². The van der Waals surface area contributed by atoms with E-state index in [1.54, 1.807) is 18.2 Å². The van der Waals surface area contributed by atoms with Crippen LogP contribution in [0.3, 0.4) is 0 Å². The Kier molecular flexibility index (Phi) is 11.9. The molecule has 0 aliphatic rings. The lowest BCUT2D eigenvalue weighted by molar-refractivity contribution is -0.192. The average molecular weight is 547 g/mol. The smallest absolute Gasteiger partial charge is 0.478 e. The molecule has 2 rings (SSSR count). The number of carbonyl (C=O) groups is 2. The first-order valence-electron chi connectivity index (χ1n) is 11.7. The van der Waals surface area contributed by atoms with Crippen molar-refractivity contribution in [3.8, 4) is 0 Å². The fourth-order valence-electron chi connectivity index (χ4n) is 3.40. The highest BCUT2D eigenvalue weighted by molar-refractivity contribution is 7.92. The summed E-state index contributed by atoms with van der Waals surface area (Å²) in [5.41, 5.74) is 2.08. The lowest BCUT2D eigenvalue weighted by Gasteiger charge is -2.27. The number of carboxylic acid groups (broad SMARTS) is 2. The molecule has 0 unspecified atom stereocenters. The molecule has 0 spiro atoms. The van der Waals surface area contributed by atoms with Crippen molar-refractivity contribution < 1.29 is 41.4 Å². The summed E-state index contributed by atoms with van der Waals surface area (Å²) in [6, 6.07) is 11.4. The van der Waals surface area contributed by atoms with Crippen LogP contribution in [-0.4, -0.2) is 49.8 Å². The van der Waals surface area contributed by atoms with Crippen molar-refractivity contribution in [2.24, 2.45) is 5.92 Å². The molecule has 37 heavy (non-hydrogen) atoms. The van der Waals surface area contributed by atoms with Crippen molar-refractivity contribution in [2.45, 2.75) is 58.0 Å². The summed E-state index contributed by atoms with van der Waals surface area (Å²) in [7, 11) is -3.86. The highest BCUT2D eigenvalue weighted by atomic mass is 32.2. The minimum Gasteiger partial charge on any atom is -0.478 e. The molecular formula is C25H33F3N2O6S. The molecular weight excluding hydrogens is 513 g/mol. The molecule has 0 aliphatic carbocycles. The van der Waals surface area contributed by atoms with Crippen LogP contribution in [0.25, 0.3) is 0 Å². The number of hydrogen-bond acceptors (Lipinski definition) is 5. The molecule has 0 atom stereocenters. The zero-order valence-electron chi connectivity index (χ0n) is 21.2. The first kappa shape index (κ1) is 31.7. The van der Waals surface area contributed by atoms with Gasteiger partial charge in [0, 0.05) is 13.1 Å². The molecule has 3 N–H and O–H groups in total. The fraction of sp³-hybridized carbons (Fsp3) is 0.440. The van der Waals surface area contributed by atoms with Crippen molar-refractivity contribution in [3.63, 3.8) is 0 Å². The Hall–Kier alpha value is -3.28. The van der Waals surface area contributed by atoms with Crippen molar-refractivity contribution >= 4 is 33.3 Å². The largest absolute Gasteiger partial charge is 0.490 e. The molecule has 2 aromatic rings. The van der Waals surface area contributed by atoms with Gasteiger partial charge in [-0.15, -0.1) is 0 Å². The number of carboxylic acids is 2. The normalized spacial score (nSPS) is 11.5. The number of aromatic carboxylic acids is 1. The topological polar surface area (TPSA) is 124 Å². The number of nitrogens with zero attached hydrogens (tertiary/aromatic N) is 1. The molecule has 206 valence electrons. The molecule has 0 saturated carbocycles. The van der Waals surface area contributed by atoms with Gasteiger partial charge >= 0.3 is 18.1 Å². The molecule has 0 amide bonds. The Morgan fingerprint density at radius 2 is 1.49 bits per heavy atom. The predicted octanol–water partition coefficient (Wildman–Crippen LogP) is 5.64. The van der Waals surface area contributed by atoms with Crippen LogP contribution < -0.4 is 9.62 Å². The third-order valence-electron chi connectivity index (χ3n) is 4.94. The summed E-state index contributed by atoms with van der Waals surface area (Å²) in [4.78, 5) is 22.6. The maximum Gasteiger partial charge on any atom is 0.490 e. The van der Waals surface area contributed by atoms with Crippen LogP contribution >= 0.6 is 0 Å². The number of nitrogens with one attached hydrogen (secondary N) is 1. The van der Waals surface area contributed by atoms with E-state index in [2.05, 4.69) is 37.3 Å². The van der Waals surface area contributed by atoms with Crippen LogP contribution in [0.5, 0.6) is 0 Å². The Labute approximate surface area is 215 Å². The molecule has 0 aromatic heterocycles. The Morgan fingerprint density at radius 1 is 0.973 bits per heavy atom. The van der Waals surface area contributed by atoms with E-state index in [9.17, 15) is 31.5 Å². The van der Waals surface area contributed by atoms with E-state index in [1.165, 1.54) is 12.1 Å². The van der Waals surface area contributed by atoms with Crippen molar-refractivity contribution in [1.82, 2.24) is 0 Å². The first-order chi connectivity index (χ1) is 17.1. The number of rotatable bonds is 11. The molecule has 2 aromatic carbocycles. The van der Waals surface area contributed by atoms with Gasteiger partial charge in [0.15, 0.2) is 0 Å². The zero-order valence-corrected chi connectivity index (χ0v) is 22.0. The number of halogens is 3. The van der Waals surface area contributed by atoms with E-state index in [0.717, 1.165) is 37.9 Å². The molecule has 0 saturated heterocycles. The van der Waals surface area contributed by atoms with Crippen LogP contribution in [0.15, 0.2) is 47.4 Å². The number of aliphatic carboxylic acids is 1. The van der Waals surface area contributed by atoms with Gasteiger partial charge in [-0.05, 0) is 61.1 Å². The summed E-state index contributed by atoms with van der Waals surface area (Å²) < 4.78 is 60.4. The summed E-state index contributed by atoms with van der Waals surface area (Å²) in [5, 5.41) is 16.5. The lowest BCUT2D eigenvalue weighted by atomic mass is 10.0. The minimum absolute atomic E-state index is 0.0386. The number of hydrogen-bond donors (Lipinski definition) is 3. The van der Waals surface area contributed by atoms with E-state index >= 15 is 0 Å². The van der Waals surface area contributed by atoms with Crippen LogP contribution in [0.2, 0.25) is 0 Å². The number of benzene rings is 2. The van der Waals surface area contributed by atoms with Crippen LogP contribution in [-0.2, 0) is 21.2 Å². The quantitative estimate of drug-likeness (QED) is 0.333. The molecule has 0 bridgehead atoms. The fourth-order valence-corrected chi connectivity index (χ4v) is 4.46. The van der Waals surface area contributed by atoms with E-state index in [0.29, 0.717) is 11.6 Å². The molecule has 12 heteroatoms. The molecule has 0 heterocycles. The summed E-state index contributed by atoms with van der Waals surface area (Å²) in [6.07, 6.45) is -2.42. The zero-order chi connectivity index (χ0) is 28.4. The van der Waals surface area contributed by atoms with Crippen molar-refractivity contribution in [3.05, 3.63) is 53.6 Å². The Bertz CT molecular complexity index is 1140. The van der Waals surface area contributed by atoms with Gasteiger partial charge in [-0.25, -0.2) is 18.0 Å². The van der Waals surface area contributed by atoms with E-state index in [1.807, 2.05) is 12.1 Å².